The molecule has 0 bridgehead atoms. The molecule has 2 heteroatoms. The van der Waals surface area contributed by atoms with Crippen molar-refractivity contribution >= 4 is 15.9 Å². The topological polar surface area (TPSA) is 12.0 Å². The van der Waals surface area contributed by atoms with Gasteiger partial charge in [0.2, 0.25) is 0 Å². The molecule has 0 saturated carbocycles. The smallest absolute Gasteiger partial charge is 0.00718 e. The number of hydrogen-bond donors (Lipinski definition) is 1. The molecule has 0 aromatic carbocycles. The van der Waals surface area contributed by atoms with Crippen LogP contribution in [0.25, 0.3) is 0 Å². The van der Waals surface area contributed by atoms with Gasteiger partial charge in [-0.15, -0.1) is 0 Å². The maximum atomic E-state index is 3.50. The van der Waals surface area contributed by atoms with Crippen LogP contribution >= 0.6 is 15.9 Å². The summed E-state index contributed by atoms with van der Waals surface area (Å²) in [6, 6.07) is 0. The molecule has 1 fully saturated rings. The van der Waals surface area contributed by atoms with Crippen LogP contribution in [-0.2, 0) is 0 Å². The molecule has 0 spiro atoms. The molecule has 1 aliphatic heterocycles. The van der Waals surface area contributed by atoms with Crippen LogP contribution in [0.1, 0.15) is 13.3 Å². The van der Waals surface area contributed by atoms with E-state index in [0.717, 1.165) is 17.2 Å². The first kappa shape index (κ1) is 7.55. The van der Waals surface area contributed by atoms with E-state index in [1.165, 1.54) is 19.5 Å². The molecule has 1 saturated heterocycles. The predicted molar refractivity (Wildman–Crippen MR) is 43.9 cm³/mol. The Morgan fingerprint density at radius 1 is 1.56 bits per heavy atom. The van der Waals surface area contributed by atoms with Crippen LogP contribution in [0, 0.1) is 11.8 Å². The van der Waals surface area contributed by atoms with Crippen molar-refractivity contribution in [2.45, 2.75) is 13.3 Å². The number of nitrogens with one attached hydrogen (secondary N) is 1. The summed E-state index contributed by atoms with van der Waals surface area (Å²) in [4.78, 5) is 0. The summed E-state index contributed by atoms with van der Waals surface area (Å²) in [6.45, 7) is 4.72. The van der Waals surface area contributed by atoms with Crippen LogP contribution in [0.4, 0.5) is 0 Å². The number of hydrogen-bond acceptors (Lipinski definition) is 1. The number of piperidine rings is 1. The summed E-state index contributed by atoms with van der Waals surface area (Å²) < 4.78 is 0. The van der Waals surface area contributed by atoms with Gasteiger partial charge in [0.25, 0.3) is 0 Å². The van der Waals surface area contributed by atoms with Crippen molar-refractivity contribution in [3.63, 3.8) is 0 Å². The predicted octanol–water partition coefficient (Wildman–Crippen LogP) is 1.63. The molecule has 1 heterocycles. The molecule has 0 aliphatic carbocycles. The van der Waals surface area contributed by atoms with E-state index < -0.39 is 0 Å². The molecule has 1 N–H and O–H groups in total. The Morgan fingerprint density at radius 3 is 2.78 bits per heavy atom. The minimum absolute atomic E-state index is 0.869. The van der Waals surface area contributed by atoms with Crippen molar-refractivity contribution in [1.82, 2.24) is 5.32 Å². The largest absolute Gasteiger partial charge is 0.316 e. The van der Waals surface area contributed by atoms with Gasteiger partial charge in [0, 0.05) is 5.33 Å². The van der Waals surface area contributed by atoms with Gasteiger partial charge >= 0.3 is 0 Å². The minimum Gasteiger partial charge on any atom is -0.316 e. The van der Waals surface area contributed by atoms with Crippen molar-refractivity contribution < 1.29 is 0 Å². The average molecular weight is 192 g/mol. The van der Waals surface area contributed by atoms with Crippen molar-refractivity contribution in [3.05, 3.63) is 0 Å². The SMILES string of the molecule is CC1CNCC(CBr)C1. The third-order valence-corrected chi connectivity index (χ3v) is 2.80. The lowest BCUT2D eigenvalue weighted by molar-refractivity contribution is 0.326. The average Bonchev–Trinajstić information content (AvgIpc) is 1.88. The highest BCUT2D eigenvalue weighted by Gasteiger charge is 2.16. The van der Waals surface area contributed by atoms with Gasteiger partial charge in [-0.2, -0.15) is 0 Å². The van der Waals surface area contributed by atoms with Gasteiger partial charge in [-0.3, -0.25) is 0 Å². The van der Waals surface area contributed by atoms with Crippen LogP contribution in [-0.4, -0.2) is 18.4 Å². The summed E-state index contributed by atoms with van der Waals surface area (Å²) in [5, 5.41) is 4.56. The van der Waals surface area contributed by atoms with Gasteiger partial charge in [-0.25, -0.2) is 0 Å². The maximum absolute atomic E-state index is 3.50. The van der Waals surface area contributed by atoms with E-state index in [1.807, 2.05) is 0 Å². The lowest BCUT2D eigenvalue weighted by Gasteiger charge is -2.25. The zero-order valence-electron chi connectivity index (χ0n) is 5.86. The third-order valence-electron chi connectivity index (χ3n) is 1.88. The molecular weight excluding hydrogens is 178 g/mol. The molecule has 0 radical (unpaired) electrons. The van der Waals surface area contributed by atoms with Gasteiger partial charge in [0.1, 0.15) is 0 Å². The molecule has 0 amide bonds. The molecule has 0 aromatic heterocycles. The standard InChI is InChI=1S/C7H14BrN/c1-6-2-7(3-8)5-9-4-6/h6-7,9H,2-5H2,1H3. The van der Waals surface area contributed by atoms with Crippen LogP contribution in [0.3, 0.4) is 0 Å². The Hall–Kier alpha value is 0.440. The Labute approximate surface area is 65.3 Å². The summed E-state index contributed by atoms with van der Waals surface area (Å²) in [6.07, 6.45) is 1.39. The zero-order chi connectivity index (χ0) is 6.69. The van der Waals surface area contributed by atoms with Crippen LogP contribution in [0.2, 0.25) is 0 Å². The maximum Gasteiger partial charge on any atom is 0.00718 e. The molecular formula is C7H14BrN. The third kappa shape index (κ3) is 2.26. The van der Waals surface area contributed by atoms with E-state index in [4.69, 9.17) is 0 Å². The molecule has 0 aromatic rings. The quantitative estimate of drug-likeness (QED) is 0.622. The van der Waals surface area contributed by atoms with Gasteiger partial charge in [-0.05, 0) is 31.3 Å². The van der Waals surface area contributed by atoms with Crippen molar-refractivity contribution in [3.8, 4) is 0 Å². The molecule has 9 heavy (non-hydrogen) atoms. The second-order valence-electron chi connectivity index (χ2n) is 3.02. The lowest BCUT2D eigenvalue weighted by Crippen LogP contribution is -2.35. The van der Waals surface area contributed by atoms with Crippen LogP contribution in [0.5, 0.6) is 0 Å². The summed E-state index contributed by atoms with van der Waals surface area (Å²) in [7, 11) is 0. The van der Waals surface area contributed by atoms with E-state index in [1.54, 1.807) is 0 Å². The first-order chi connectivity index (χ1) is 4.33. The van der Waals surface area contributed by atoms with Crippen molar-refractivity contribution in [1.29, 1.82) is 0 Å². The number of halogens is 1. The molecule has 1 aliphatic rings. The van der Waals surface area contributed by atoms with E-state index in [0.29, 0.717) is 0 Å². The Kier molecular flexibility index (Phi) is 2.99. The van der Waals surface area contributed by atoms with Crippen molar-refractivity contribution in [2.24, 2.45) is 11.8 Å². The Balaban J connectivity index is 2.23. The van der Waals surface area contributed by atoms with Gasteiger partial charge in [0.15, 0.2) is 0 Å². The molecule has 1 rings (SSSR count). The monoisotopic (exact) mass is 191 g/mol. The lowest BCUT2D eigenvalue weighted by atomic mass is 9.94. The zero-order valence-corrected chi connectivity index (χ0v) is 7.45. The highest BCUT2D eigenvalue weighted by atomic mass is 79.9. The molecule has 2 unspecified atom stereocenters. The van der Waals surface area contributed by atoms with E-state index >= 15 is 0 Å². The van der Waals surface area contributed by atoms with E-state index in [-0.39, 0.29) is 0 Å². The van der Waals surface area contributed by atoms with Gasteiger partial charge in [-0.1, -0.05) is 22.9 Å². The number of rotatable bonds is 1. The highest BCUT2D eigenvalue weighted by Crippen LogP contribution is 2.16. The first-order valence-electron chi connectivity index (χ1n) is 3.59. The first-order valence-corrected chi connectivity index (χ1v) is 4.71. The molecule has 1 nitrogen and oxygen atoms in total. The van der Waals surface area contributed by atoms with Crippen LogP contribution in [0.15, 0.2) is 0 Å². The van der Waals surface area contributed by atoms with E-state index in [2.05, 4.69) is 28.2 Å². The fraction of sp³-hybridized carbons (Fsp3) is 1.00. The number of alkyl halides is 1. The summed E-state index contributed by atoms with van der Waals surface area (Å²) in [5.41, 5.74) is 0. The Bertz CT molecular complexity index is 85.0. The van der Waals surface area contributed by atoms with Gasteiger partial charge in [0.05, 0.1) is 0 Å². The fourth-order valence-electron chi connectivity index (χ4n) is 1.39. The fourth-order valence-corrected chi connectivity index (χ4v) is 1.88. The second kappa shape index (κ2) is 3.57. The highest BCUT2D eigenvalue weighted by molar-refractivity contribution is 9.09. The Morgan fingerprint density at radius 2 is 2.33 bits per heavy atom. The molecule has 54 valence electrons. The molecule has 2 atom stereocenters. The minimum atomic E-state index is 0.869. The van der Waals surface area contributed by atoms with Crippen molar-refractivity contribution in [2.75, 3.05) is 18.4 Å². The summed E-state index contributed by atoms with van der Waals surface area (Å²) in [5.74, 6) is 1.75. The van der Waals surface area contributed by atoms with Gasteiger partial charge < -0.3 is 5.32 Å². The normalized spacial score (nSPS) is 36.7. The van der Waals surface area contributed by atoms with Crippen LogP contribution < -0.4 is 5.32 Å². The summed E-state index contributed by atoms with van der Waals surface area (Å²) >= 11 is 3.50. The second-order valence-corrected chi connectivity index (χ2v) is 3.67. The van der Waals surface area contributed by atoms with E-state index in [9.17, 15) is 0 Å².